The van der Waals surface area contributed by atoms with Crippen molar-refractivity contribution in [2.75, 3.05) is 0 Å². The van der Waals surface area contributed by atoms with Crippen LogP contribution in [0.15, 0.2) is 18.2 Å². The number of hydrogen-bond acceptors (Lipinski definition) is 1. The van der Waals surface area contributed by atoms with E-state index in [1.54, 1.807) is 0 Å². The van der Waals surface area contributed by atoms with Gasteiger partial charge in [-0.2, -0.15) is 0 Å². The van der Waals surface area contributed by atoms with Gasteiger partial charge in [0.15, 0.2) is 0 Å². The van der Waals surface area contributed by atoms with E-state index in [1.165, 1.54) is 0 Å². The Bertz CT molecular complexity index is 239. The Morgan fingerprint density at radius 1 is 1.30 bits per heavy atom. The third-order valence-electron chi connectivity index (χ3n) is 1.17. The van der Waals surface area contributed by atoms with Crippen molar-refractivity contribution >= 4 is 29.1 Å². The molecule has 0 aliphatic heterocycles. The van der Waals surface area contributed by atoms with Crippen LogP contribution in [0.5, 0.6) is 5.75 Å². The second kappa shape index (κ2) is 3.67. The zero-order valence-electron chi connectivity index (χ0n) is 5.11. The normalized spacial score (nSPS) is 9.60. The van der Waals surface area contributed by atoms with Gasteiger partial charge in [-0.3, -0.25) is 0 Å². The van der Waals surface area contributed by atoms with E-state index in [2.05, 4.69) is 34.3 Å². The molecule has 2 unspecified atom stereocenters. The molecule has 1 aromatic carbocycles. The molecule has 0 saturated heterocycles. The van der Waals surface area contributed by atoms with Crippen LogP contribution in [-0.2, 0) is 15.8 Å². The van der Waals surface area contributed by atoms with Gasteiger partial charge in [0.25, 0.3) is 0 Å². The quantitative estimate of drug-likeness (QED) is 0.491. The fraction of sp³-hybridized carbons (Fsp3) is 0. The van der Waals surface area contributed by atoms with Gasteiger partial charge in [0.2, 0.25) is 0 Å². The molecule has 0 amide bonds. The molecule has 0 heterocycles. The van der Waals surface area contributed by atoms with Gasteiger partial charge >= 0.3 is 72.7 Å². The Labute approximate surface area is 73.0 Å². The monoisotopic (exact) mass is 215 g/mol. The van der Waals surface area contributed by atoms with Crippen LogP contribution in [0, 0.1) is 0 Å². The first-order valence-corrected chi connectivity index (χ1v) is 4.21. The Balaban J connectivity index is 3.14. The van der Waals surface area contributed by atoms with E-state index < -0.39 is 0 Å². The van der Waals surface area contributed by atoms with Gasteiger partial charge in [-0.25, -0.2) is 0 Å². The topological polar surface area (TPSA) is 9.23 Å². The van der Waals surface area contributed by atoms with Crippen molar-refractivity contribution in [3.05, 3.63) is 18.2 Å². The summed E-state index contributed by atoms with van der Waals surface area (Å²) in [4.78, 5) is 0. The SMILES string of the molecule is Pc1cccc([O][Ni+])c1P. The van der Waals surface area contributed by atoms with E-state index in [0.717, 1.165) is 16.4 Å². The van der Waals surface area contributed by atoms with Crippen molar-refractivity contribution in [1.82, 2.24) is 0 Å². The zero-order valence-corrected chi connectivity index (χ0v) is 8.41. The molecule has 0 N–H and O–H groups in total. The standard InChI is InChI=1S/C6H8OP2.Ni/c7-4-2-1-3-5(8)6(4)9;/h1-3,7H,8-9H2;/q;+2/p-1. The van der Waals surface area contributed by atoms with Crippen molar-refractivity contribution in [3.63, 3.8) is 0 Å². The molecule has 56 valence electrons. The maximum absolute atomic E-state index is 4.72. The average Bonchev–Trinajstić information content (AvgIpc) is 1.95. The van der Waals surface area contributed by atoms with Crippen LogP contribution in [-0.4, -0.2) is 0 Å². The Morgan fingerprint density at radius 2 is 2.00 bits per heavy atom. The number of rotatable bonds is 1. The minimum absolute atomic E-state index is 0.748. The van der Waals surface area contributed by atoms with Crippen LogP contribution >= 0.6 is 18.5 Å². The summed E-state index contributed by atoms with van der Waals surface area (Å²) in [5.41, 5.74) is 0. The maximum atomic E-state index is 4.72. The molecule has 1 nitrogen and oxygen atoms in total. The summed E-state index contributed by atoms with van der Waals surface area (Å²) in [6.07, 6.45) is 0. The van der Waals surface area contributed by atoms with Crippen LogP contribution in [0.3, 0.4) is 0 Å². The Hall–Kier alpha value is 0.374. The van der Waals surface area contributed by atoms with E-state index in [1.807, 2.05) is 18.2 Å². The molecule has 0 spiro atoms. The van der Waals surface area contributed by atoms with Crippen LogP contribution in [0.4, 0.5) is 0 Å². The summed E-state index contributed by atoms with van der Waals surface area (Å²) < 4.78 is 4.72. The summed E-state index contributed by atoms with van der Waals surface area (Å²) in [5, 5.41) is 2.11. The molecular weight excluding hydrogens is 209 g/mol. The molecule has 0 fully saturated rings. The van der Waals surface area contributed by atoms with E-state index >= 15 is 0 Å². The minimum atomic E-state index is 0.748. The van der Waals surface area contributed by atoms with Crippen molar-refractivity contribution in [2.45, 2.75) is 0 Å². The molecule has 1 rings (SSSR count). The molecule has 0 aliphatic carbocycles. The van der Waals surface area contributed by atoms with Crippen LogP contribution in [0.25, 0.3) is 0 Å². The van der Waals surface area contributed by atoms with Gasteiger partial charge in [0.1, 0.15) is 0 Å². The summed E-state index contributed by atoms with van der Waals surface area (Å²) in [7, 11) is 5.19. The van der Waals surface area contributed by atoms with Gasteiger partial charge in [-0.1, -0.05) is 0 Å². The predicted octanol–water partition coefficient (Wildman–Crippen LogP) is 0.528. The summed E-state index contributed by atoms with van der Waals surface area (Å²) in [6.45, 7) is 0. The van der Waals surface area contributed by atoms with E-state index in [0.29, 0.717) is 0 Å². The molecule has 0 saturated carbocycles. The first-order valence-electron chi connectivity index (χ1n) is 2.65. The molecular formula is C6H7NiOP2+. The molecule has 0 bridgehead atoms. The van der Waals surface area contributed by atoms with Gasteiger partial charge in [-0.05, 0) is 0 Å². The summed E-state index contributed by atoms with van der Waals surface area (Å²) in [6, 6.07) is 5.74. The molecule has 0 aliphatic rings. The van der Waals surface area contributed by atoms with Gasteiger partial charge in [0.05, 0.1) is 0 Å². The fourth-order valence-electron chi connectivity index (χ4n) is 0.617. The van der Waals surface area contributed by atoms with Gasteiger partial charge < -0.3 is 0 Å². The summed E-state index contributed by atoms with van der Waals surface area (Å²) in [5.74, 6) is 0.748. The molecule has 0 radical (unpaired) electrons. The molecule has 1 aromatic rings. The van der Waals surface area contributed by atoms with Gasteiger partial charge in [-0.15, -0.1) is 0 Å². The van der Waals surface area contributed by atoms with E-state index in [4.69, 9.17) is 3.88 Å². The second-order valence-corrected chi connectivity index (χ2v) is 3.22. The predicted molar refractivity (Wildman–Crippen MR) is 45.8 cm³/mol. The third kappa shape index (κ3) is 1.70. The fourth-order valence-corrected chi connectivity index (χ4v) is 1.39. The van der Waals surface area contributed by atoms with E-state index in [9.17, 15) is 0 Å². The van der Waals surface area contributed by atoms with E-state index in [-0.39, 0.29) is 0 Å². The van der Waals surface area contributed by atoms with Crippen LogP contribution in [0.1, 0.15) is 0 Å². The summed E-state index contributed by atoms with van der Waals surface area (Å²) >= 11 is 4.17. The van der Waals surface area contributed by atoms with Crippen LogP contribution < -0.4 is 14.5 Å². The van der Waals surface area contributed by atoms with Crippen molar-refractivity contribution in [3.8, 4) is 5.75 Å². The zero-order chi connectivity index (χ0) is 7.56. The Morgan fingerprint density at radius 3 is 2.50 bits per heavy atom. The van der Waals surface area contributed by atoms with Crippen molar-refractivity contribution in [1.29, 1.82) is 0 Å². The average molecular weight is 216 g/mol. The van der Waals surface area contributed by atoms with Crippen LogP contribution in [0.2, 0.25) is 0 Å². The Kier molecular flexibility index (Phi) is 3.11. The molecule has 10 heavy (non-hydrogen) atoms. The molecule has 4 heteroatoms. The van der Waals surface area contributed by atoms with Crippen molar-refractivity contribution in [2.24, 2.45) is 0 Å². The van der Waals surface area contributed by atoms with Crippen molar-refractivity contribution < 1.29 is 19.7 Å². The number of hydrogen-bond donors (Lipinski definition) is 0. The first-order chi connectivity index (χ1) is 4.75. The number of benzene rings is 1. The first kappa shape index (κ1) is 8.47. The molecule has 2 atom stereocenters. The third-order valence-corrected chi connectivity index (χ3v) is 2.84. The second-order valence-electron chi connectivity index (χ2n) is 1.82. The molecule has 0 aromatic heterocycles. The van der Waals surface area contributed by atoms with Gasteiger partial charge in [0, 0.05) is 0 Å².